The highest BCUT2D eigenvalue weighted by molar-refractivity contribution is 5.76. The molecule has 3 rings (SSSR count). The number of para-hydroxylation sites is 1. The van der Waals surface area contributed by atoms with Crippen molar-refractivity contribution in [3.05, 3.63) is 48.3 Å². The number of benzene rings is 1. The van der Waals surface area contributed by atoms with Crippen molar-refractivity contribution >= 4 is 17.5 Å². The molecule has 1 amide bonds. The molecule has 5 nitrogen and oxygen atoms in total. The maximum absolute atomic E-state index is 12.4. The lowest BCUT2D eigenvalue weighted by atomic mass is 9.94. The molecule has 0 aliphatic carbocycles. The van der Waals surface area contributed by atoms with Gasteiger partial charge >= 0.3 is 0 Å². The smallest absolute Gasteiger partial charge is 0.227 e. The average molecular weight is 338 g/mol. The van der Waals surface area contributed by atoms with Gasteiger partial charge in [0.15, 0.2) is 0 Å². The van der Waals surface area contributed by atoms with Crippen LogP contribution < -0.4 is 5.32 Å². The predicted molar refractivity (Wildman–Crippen MR) is 99.8 cm³/mol. The third-order valence-electron chi connectivity index (χ3n) is 4.48. The van der Waals surface area contributed by atoms with Crippen molar-refractivity contribution in [2.45, 2.75) is 39.0 Å². The zero-order valence-corrected chi connectivity index (χ0v) is 15.0. The lowest BCUT2D eigenvalue weighted by molar-refractivity contribution is -0.133. The number of nitrogens with one attached hydrogen (secondary N) is 1. The molecule has 1 aromatic heterocycles. The number of rotatable bonds is 5. The van der Waals surface area contributed by atoms with Crippen LogP contribution in [0.5, 0.6) is 0 Å². The van der Waals surface area contributed by atoms with Gasteiger partial charge in [0.1, 0.15) is 0 Å². The van der Waals surface area contributed by atoms with Crippen molar-refractivity contribution in [2.24, 2.45) is 5.92 Å². The van der Waals surface area contributed by atoms with E-state index in [0.29, 0.717) is 18.3 Å². The Hall–Kier alpha value is -2.43. The number of carbonyl (C=O) groups excluding carboxylic acids is 1. The zero-order chi connectivity index (χ0) is 17.6. The van der Waals surface area contributed by atoms with Crippen LogP contribution in [0.4, 0.5) is 11.6 Å². The summed E-state index contributed by atoms with van der Waals surface area (Å²) in [6.45, 7) is 5.80. The van der Waals surface area contributed by atoms with Gasteiger partial charge in [-0.15, -0.1) is 0 Å². The molecular formula is C20H26N4O. The topological polar surface area (TPSA) is 58.1 Å². The number of carbonyl (C=O) groups is 1. The summed E-state index contributed by atoms with van der Waals surface area (Å²) in [6, 6.07) is 11.9. The van der Waals surface area contributed by atoms with E-state index in [1.165, 1.54) is 0 Å². The number of nitrogens with zero attached hydrogens (tertiary/aromatic N) is 3. The molecule has 1 aliphatic heterocycles. The fourth-order valence-electron chi connectivity index (χ4n) is 3.23. The standard InChI is InChI=1S/C20H26N4O/c1-15(2)13-19(25)24-12-6-7-16(14-24)18-10-11-21-20(23-18)22-17-8-4-3-5-9-17/h3-5,8-11,15-16H,6-7,12-14H2,1-2H3,(H,21,22,23). The van der Waals surface area contributed by atoms with Gasteiger partial charge in [0.2, 0.25) is 11.9 Å². The van der Waals surface area contributed by atoms with Crippen molar-refractivity contribution in [2.75, 3.05) is 18.4 Å². The molecule has 1 unspecified atom stereocenters. The Bertz CT molecular complexity index is 702. The summed E-state index contributed by atoms with van der Waals surface area (Å²) < 4.78 is 0. The number of anilines is 2. The Kier molecular flexibility index (Phi) is 5.64. The van der Waals surface area contributed by atoms with Gasteiger partial charge in [0, 0.05) is 37.3 Å². The van der Waals surface area contributed by atoms with Gasteiger partial charge in [0.05, 0.1) is 5.69 Å². The van der Waals surface area contributed by atoms with Crippen LogP contribution in [0.3, 0.4) is 0 Å². The molecule has 1 atom stereocenters. The van der Waals surface area contributed by atoms with Crippen molar-refractivity contribution in [3.8, 4) is 0 Å². The van der Waals surface area contributed by atoms with Crippen LogP contribution in [-0.2, 0) is 4.79 Å². The molecule has 0 spiro atoms. The zero-order valence-electron chi connectivity index (χ0n) is 15.0. The van der Waals surface area contributed by atoms with Crippen LogP contribution in [0.25, 0.3) is 0 Å². The summed E-state index contributed by atoms with van der Waals surface area (Å²) in [5.74, 6) is 1.54. The van der Waals surface area contributed by atoms with Gasteiger partial charge in [-0.05, 0) is 37.0 Å². The Balaban J connectivity index is 1.69. The molecule has 2 aromatic rings. The van der Waals surface area contributed by atoms with Gasteiger partial charge in [-0.2, -0.15) is 0 Å². The normalized spacial score (nSPS) is 17.6. The highest BCUT2D eigenvalue weighted by atomic mass is 16.2. The van der Waals surface area contributed by atoms with E-state index in [2.05, 4.69) is 29.1 Å². The molecule has 0 bridgehead atoms. The van der Waals surface area contributed by atoms with Crippen LogP contribution in [0.15, 0.2) is 42.6 Å². The highest BCUT2D eigenvalue weighted by Gasteiger charge is 2.26. The largest absolute Gasteiger partial charge is 0.342 e. The fraction of sp³-hybridized carbons (Fsp3) is 0.450. The number of aromatic nitrogens is 2. The number of amides is 1. The molecule has 1 aliphatic rings. The van der Waals surface area contributed by atoms with Crippen molar-refractivity contribution in [3.63, 3.8) is 0 Å². The summed E-state index contributed by atoms with van der Waals surface area (Å²) in [6.07, 6.45) is 4.51. The van der Waals surface area contributed by atoms with Crippen molar-refractivity contribution < 1.29 is 4.79 Å². The molecule has 132 valence electrons. The summed E-state index contributed by atoms with van der Waals surface area (Å²) in [7, 11) is 0. The Morgan fingerprint density at radius 1 is 1.28 bits per heavy atom. The van der Waals surface area contributed by atoms with Gasteiger partial charge < -0.3 is 10.2 Å². The Morgan fingerprint density at radius 2 is 2.08 bits per heavy atom. The average Bonchev–Trinajstić information content (AvgIpc) is 2.62. The maximum atomic E-state index is 12.4. The summed E-state index contributed by atoms with van der Waals surface area (Å²) >= 11 is 0. The molecule has 1 saturated heterocycles. The van der Waals surface area contributed by atoms with E-state index in [1.54, 1.807) is 6.20 Å². The molecule has 5 heteroatoms. The van der Waals surface area contributed by atoms with Crippen molar-refractivity contribution in [1.82, 2.24) is 14.9 Å². The quantitative estimate of drug-likeness (QED) is 0.896. The van der Waals surface area contributed by atoms with Crippen LogP contribution in [-0.4, -0.2) is 33.9 Å². The third kappa shape index (κ3) is 4.78. The number of likely N-dealkylation sites (tertiary alicyclic amines) is 1. The van der Waals surface area contributed by atoms with Crippen LogP contribution in [0.2, 0.25) is 0 Å². The summed E-state index contributed by atoms with van der Waals surface area (Å²) in [5, 5.41) is 3.24. The van der Waals surface area contributed by atoms with Gasteiger partial charge in [-0.1, -0.05) is 32.0 Å². The first-order chi connectivity index (χ1) is 12.1. The molecule has 25 heavy (non-hydrogen) atoms. The second-order valence-corrected chi connectivity index (χ2v) is 7.07. The van der Waals surface area contributed by atoms with Crippen LogP contribution in [0, 0.1) is 5.92 Å². The van der Waals surface area contributed by atoms with Gasteiger partial charge in [-0.25, -0.2) is 9.97 Å². The molecule has 0 radical (unpaired) electrons. The van der Waals surface area contributed by atoms with Gasteiger partial charge in [-0.3, -0.25) is 4.79 Å². The third-order valence-corrected chi connectivity index (χ3v) is 4.48. The van der Waals surface area contributed by atoms with E-state index in [1.807, 2.05) is 41.3 Å². The van der Waals surface area contributed by atoms with E-state index in [9.17, 15) is 4.79 Å². The predicted octanol–water partition coefficient (Wildman–Crippen LogP) is 3.97. The van der Waals surface area contributed by atoms with Crippen LogP contribution >= 0.6 is 0 Å². The molecule has 0 saturated carbocycles. The minimum absolute atomic E-state index is 0.261. The lowest BCUT2D eigenvalue weighted by Gasteiger charge is -2.33. The lowest BCUT2D eigenvalue weighted by Crippen LogP contribution is -2.39. The minimum atomic E-state index is 0.261. The first-order valence-corrected chi connectivity index (χ1v) is 9.04. The summed E-state index contributed by atoms with van der Waals surface area (Å²) in [5.41, 5.74) is 1.98. The van der Waals surface area contributed by atoms with E-state index in [-0.39, 0.29) is 11.8 Å². The number of hydrogen-bond acceptors (Lipinski definition) is 4. The monoisotopic (exact) mass is 338 g/mol. The van der Waals surface area contributed by atoms with Gasteiger partial charge in [0.25, 0.3) is 0 Å². The highest BCUT2D eigenvalue weighted by Crippen LogP contribution is 2.27. The van der Waals surface area contributed by atoms with E-state index >= 15 is 0 Å². The first kappa shape index (κ1) is 17.4. The van der Waals surface area contributed by atoms with E-state index < -0.39 is 0 Å². The fourth-order valence-corrected chi connectivity index (χ4v) is 3.23. The number of hydrogen-bond donors (Lipinski definition) is 1. The molecule has 1 N–H and O–H groups in total. The maximum Gasteiger partial charge on any atom is 0.227 e. The van der Waals surface area contributed by atoms with E-state index in [4.69, 9.17) is 0 Å². The van der Waals surface area contributed by atoms with Crippen LogP contribution in [0.1, 0.15) is 44.7 Å². The Morgan fingerprint density at radius 3 is 2.84 bits per heavy atom. The molecule has 2 heterocycles. The second kappa shape index (κ2) is 8.10. The SMILES string of the molecule is CC(C)CC(=O)N1CCCC(c2ccnc(Nc3ccccc3)n2)C1. The number of piperidine rings is 1. The molecule has 1 fully saturated rings. The first-order valence-electron chi connectivity index (χ1n) is 9.04. The Labute approximate surface area is 149 Å². The van der Waals surface area contributed by atoms with E-state index in [0.717, 1.165) is 37.3 Å². The van der Waals surface area contributed by atoms with Crippen molar-refractivity contribution in [1.29, 1.82) is 0 Å². The molecular weight excluding hydrogens is 312 g/mol. The minimum Gasteiger partial charge on any atom is -0.342 e. The molecule has 1 aromatic carbocycles. The second-order valence-electron chi connectivity index (χ2n) is 7.07. The summed E-state index contributed by atoms with van der Waals surface area (Å²) in [4.78, 5) is 23.4.